The van der Waals surface area contributed by atoms with E-state index in [0.717, 1.165) is 5.56 Å². The number of anilines is 1. The molecule has 0 aliphatic rings. The molecular formula is C15H15N3O3. The Morgan fingerprint density at radius 1 is 1.43 bits per heavy atom. The van der Waals surface area contributed by atoms with Crippen LogP contribution in [0.3, 0.4) is 0 Å². The maximum absolute atomic E-state index is 11.3. The van der Waals surface area contributed by atoms with Crippen molar-refractivity contribution in [2.24, 2.45) is 0 Å². The Hall–Kier alpha value is -2.81. The summed E-state index contributed by atoms with van der Waals surface area (Å²) in [6.07, 6.45) is 0.483. The van der Waals surface area contributed by atoms with Gasteiger partial charge in [0.05, 0.1) is 6.61 Å². The average Bonchev–Trinajstić information content (AvgIpc) is 2.88. The van der Waals surface area contributed by atoms with Gasteiger partial charge in [-0.05, 0) is 12.5 Å². The summed E-state index contributed by atoms with van der Waals surface area (Å²) in [5.74, 6) is 0.197. The van der Waals surface area contributed by atoms with Crippen molar-refractivity contribution < 1.29 is 13.9 Å². The Bertz CT molecular complexity index is 644. The van der Waals surface area contributed by atoms with Crippen LogP contribution in [0, 0.1) is 11.3 Å². The van der Waals surface area contributed by atoms with E-state index in [2.05, 4.69) is 10.3 Å². The number of carbonyl (C=O) groups excluding carboxylic acids is 1. The first-order valence-electron chi connectivity index (χ1n) is 6.56. The van der Waals surface area contributed by atoms with E-state index in [1.54, 1.807) is 6.92 Å². The van der Waals surface area contributed by atoms with Crippen LogP contribution in [-0.4, -0.2) is 24.1 Å². The zero-order valence-corrected chi connectivity index (χ0v) is 11.6. The molecule has 0 fully saturated rings. The standard InChI is InChI=1S/C15H15N3O3/c1-2-20-14(19)10-17-15-12(9-16)18-13(21-15)8-11-6-4-3-5-7-11/h3-7,17H,2,8,10H2,1H3. The summed E-state index contributed by atoms with van der Waals surface area (Å²) in [4.78, 5) is 15.4. The Morgan fingerprint density at radius 2 is 2.19 bits per heavy atom. The van der Waals surface area contributed by atoms with Crippen LogP contribution in [0.1, 0.15) is 24.1 Å². The third-order valence-corrected chi connectivity index (χ3v) is 2.67. The molecule has 21 heavy (non-hydrogen) atoms. The smallest absolute Gasteiger partial charge is 0.325 e. The molecule has 1 N–H and O–H groups in total. The van der Waals surface area contributed by atoms with Gasteiger partial charge in [0.2, 0.25) is 17.5 Å². The SMILES string of the molecule is CCOC(=O)CNc1oc(Cc2ccccc2)nc1C#N. The number of hydrogen-bond donors (Lipinski definition) is 1. The summed E-state index contributed by atoms with van der Waals surface area (Å²) < 4.78 is 10.3. The van der Waals surface area contributed by atoms with Crippen LogP contribution in [0.5, 0.6) is 0 Å². The number of hydrogen-bond acceptors (Lipinski definition) is 6. The molecule has 108 valence electrons. The third kappa shape index (κ3) is 4.08. The lowest BCUT2D eigenvalue weighted by atomic mass is 10.1. The van der Waals surface area contributed by atoms with Crippen LogP contribution in [0.15, 0.2) is 34.7 Å². The maximum Gasteiger partial charge on any atom is 0.325 e. The summed E-state index contributed by atoms with van der Waals surface area (Å²) in [5.41, 5.74) is 1.16. The molecule has 6 nitrogen and oxygen atoms in total. The first-order valence-corrected chi connectivity index (χ1v) is 6.56. The summed E-state index contributed by atoms with van der Waals surface area (Å²) in [5, 5.41) is 11.8. The predicted octanol–water partition coefficient (Wildman–Crippen LogP) is 2.11. The lowest BCUT2D eigenvalue weighted by Crippen LogP contribution is -2.16. The minimum Gasteiger partial charge on any atom is -0.465 e. The zero-order chi connectivity index (χ0) is 15.1. The van der Waals surface area contributed by atoms with Crippen molar-refractivity contribution in [3.8, 4) is 6.07 Å². The molecule has 0 amide bonds. The second-order valence-electron chi connectivity index (χ2n) is 4.22. The molecule has 0 saturated heterocycles. The molecule has 1 heterocycles. The van der Waals surface area contributed by atoms with Crippen LogP contribution in [0.2, 0.25) is 0 Å². The monoisotopic (exact) mass is 285 g/mol. The van der Waals surface area contributed by atoms with Gasteiger partial charge in [-0.15, -0.1) is 0 Å². The average molecular weight is 285 g/mol. The molecule has 0 spiro atoms. The number of benzene rings is 1. The van der Waals surface area contributed by atoms with Gasteiger partial charge in [-0.2, -0.15) is 5.26 Å². The number of nitriles is 1. The summed E-state index contributed by atoms with van der Waals surface area (Å²) in [6.45, 7) is 1.97. The van der Waals surface area contributed by atoms with Crippen molar-refractivity contribution in [1.29, 1.82) is 5.26 Å². The van der Waals surface area contributed by atoms with E-state index in [0.29, 0.717) is 18.9 Å². The normalized spacial score (nSPS) is 9.90. The van der Waals surface area contributed by atoms with Crippen molar-refractivity contribution in [2.45, 2.75) is 13.3 Å². The Morgan fingerprint density at radius 3 is 2.86 bits per heavy atom. The lowest BCUT2D eigenvalue weighted by Gasteiger charge is -2.02. The number of oxazole rings is 1. The van der Waals surface area contributed by atoms with Gasteiger partial charge in [0.1, 0.15) is 12.6 Å². The number of rotatable bonds is 6. The molecule has 0 aliphatic heterocycles. The number of esters is 1. The lowest BCUT2D eigenvalue weighted by molar-refractivity contribution is -0.140. The van der Waals surface area contributed by atoms with Crippen molar-refractivity contribution >= 4 is 11.9 Å². The molecule has 0 bridgehead atoms. The van der Waals surface area contributed by atoms with Crippen molar-refractivity contribution in [3.05, 3.63) is 47.5 Å². The van der Waals surface area contributed by atoms with E-state index >= 15 is 0 Å². The fourth-order valence-corrected chi connectivity index (χ4v) is 1.77. The van der Waals surface area contributed by atoms with Crippen molar-refractivity contribution in [2.75, 3.05) is 18.5 Å². The van der Waals surface area contributed by atoms with Gasteiger partial charge in [0.15, 0.2) is 0 Å². The third-order valence-electron chi connectivity index (χ3n) is 2.67. The molecule has 6 heteroatoms. The first-order chi connectivity index (χ1) is 10.2. The molecule has 2 aromatic rings. The van der Waals surface area contributed by atoms with Crippen molar-refractivity contribution in [3.63, 3.8) is 0 Å². The molecule has 0 radical (unpaired) electrons. The highest BCUT2D eigenvalue weighted by Crippen LogP contribution is 2.18. The van der Waals surface area contributed by atoms with E-state index in [1.165, 1.54) is 0 Å². The number of carbonyl (C=O) groups is 1. The van der Waals surface area contributed by atoms with Crippen LogP contribution in [0.25, 0.3) is 0 Å². The van der Waals surface area contributed by atoms with Gasteiger partial charge >= 0.3 is 5.97 Å². The minimum absolute atomic E-state index is 0.0670. The molecule has 0 saturated carbocycles. The van der Waals surface area contributed by atoms with Gasteiger partial charge in [-0.1, -0.05) is 30.3 Å². The van der Waals surface area contributed by atoms with Crippen LogP contribution in [0.4, 0.5) is 5.88 Å². The van der Waals surface area contributed by atoms with Gasteiger partial charge in [-0.25, -0.2) is 4.98 Å². The van der Waals surface area contributed by atoms with E-state index in [4.69, 9.17) is 14.4 Å². The summed E-state index contributed by atoms with van der Waals surface area (Å²) in [7, 11) is 0. The van der Waals surface area contributed by atoms with Crippen LogP contribution in [-0.2, 0) is 16.0 Å². The second kappa shape index (κ2) is 7.10. The highest BCUT2D eigenvalue weighted by atomic mass is 16.5. The quantitative estimate of drug-likeness (QED) is 0.818. The highest BCUT2D eigenvalue weighted by molar-refractivity contribution is 5.74. The zero-order valence-electron chi connectivity index (χ0n) is 11.6. The molecule has 0 atom stereocenters. The van der Waals surface area contributed by atoms with E-state index in [-0.39, 0.29) is 18.1 Å². The van der Waals surface area contributed by atoms with Gasteiger partial charge < -0.3 is 14.5 Å². The van der Waals surface area contributed by atoms with E-state index in [1.807, 2.05) is 36.4 Å². The molecule has 0 aliphatic carbocycles. The number of nitrogens with zero attached hydrogens (tertiary/aromatic N) is 2. The fourth-order valence-electron chi connectivity index (χ4n) is 1.77. The molecule has 1 aromatic heterocycles. The summed E-state index contributed by atoms with van der Waals surface area (Å²) >= 11 is 0. The van der Waals surface area contributed by atoms with Crippen molar-refractivity contribution in [1.82, 2.24) is 4.98 Å². The van der Waals surface area contributed by atoms with Gasteiger partial charge in [0.25, 0.3) is 0 Å². The predicted molar refractivity (Wildman–Crippen MR) is 75.6 cm³/mol. The fraction of sp³-hybridized carbons (Fsp3) is 0.267. The van der Waals surface area contributed by atoms with Crippen LogP contribution < -0.4 is 5.32 Å². The minimum atomic E-state index is -0.414. The van der Waals surface area contributed by atoms with Gasteiger partial charge in [-0.3, -0.25) is 4.79 Å². The second-order valence-corrected chi connectivity index (χ2v) is 4.22. The molecule has 1 aromatic carbocycles. The topological polar surface area (TPSA) is 88.2 Å². The summed E-state index contributed by atoms with van der Waals surface area (Å²) in [6, 6.07) is 11.6. The number of aromatic nitrogens is 1. The van der Waals surface area contributed by atoms with E-state index in [9.17, 15) is 4.79 Å². The molecule has 0 unspecified atom stereocenters. The highest BCUT2D eigenvalue weighted by Gasteiger charge is 2.14. The molecular weight excluding hydrogens is 270 g/mol. The Balaban J connectivity index is 2.05. The number of ether oxygens (including phenoxy) is 1. The first kappa shape index (κ1) is 14.6. The number of nitrogens with one attached hydrogen (secondary N) is 1. The maximum atomic E-state index is 11.3. The van der Waals surface area contributed by atoms with Crippen LogP contribution >= 0.6 is 0 Å². The Kier molecular flexibility index (Phi) is 4.94. The Labute approximate surface area is 122 Å². The molecule has 2 rings (SSSR count). The van der Waals surface area contributed by atoms with E-state index < -0.39 is 5.97 Å². The van der Waals surface area contributed by atoms with Gasteiger partial charge in [0, 0.05) is 6.42 Å². The largest absolute Gasteiger partial charge is 0.465 e.